The van der Waals surface area contributed by atoms with Crippen LogP contribution in [0.2, 0.25) is 0 Å². The Morgan fingerprint density at radius 1 is 0.848 bits per heavy atom. The summed E-state index contributed by atoms with van der Waals surface area (Å²) in [5.74, 6) is -1.89. The van der Waals surface area contributed by atoms with Crippen LogP contribution < -0.4 is 15.8 Å². The molecule has 2 N–H and O–H groups in total. The van der Waals surface area contributed by atoms with Gasteiger partial charge in [0.2, 0.25) is 0 Å². The third-order valence-electron chi connectivity index (χ3n) is 5.08. The Morgan fingerprint density at radius 3 is 2.18 bits per heavy atom. The van der Waals surface area contributed by atoms with Crippen LogP contribution in [0.25, 0.3) is 0 Å². The number of aryl methyl sites for hydroxylation is 2. The molecule has 0 bridgehead atoms. The minimum absolute atomic E-state index is 0.00165. The van der Waals surface area contributed by atoms with Gasteiger partial charge in [-0.3, -0.25) is 15.6 Å². The van der Waals surface area contributed by atoms with E-state index < -0.39 is 17.8 Å². The summed E-state index contributed by atoms with van der Waals surface area (Å²) < 4.78 is 9.77. The molecule has 0 aliphatic carbocycles. The molecule has 0 aromatic heterocycles. The number of benzene rings is 2. The molecule has 0 fully saturated rings. The van der Waals surface area contributed by atoms with Gasteiger partial charge in [-0.15, -0.1) is 0 Å². The number of nitrogens with one attached hydrogen (secondary N) is 2. The summed E-state index contributed by atoms with van der Waals surface area (Å²) in [4.78, 5) is 39.7. The molecule has 1 aliphatic rings. The second kappa shape index (κ2) is 10.3. The van der Waals surface area contributed by atoms with Gasteiger partial charge in [0, 0.05) is 6.20 Å². The summed E-state index contributed by atoms with van der Waals surface area (Å²) in [5.41, 5.74) is 9.01. The van der Waals surface area contributed by atoms with Gasteiger partial charge in [0.25, 0.3) is 5.91 Å². The summed E-state index contributed by atoms with van der Waals surface area (Å²) in [6.45, 7) is 3.87. The highest BCUT2D eigenvalue weighted by atomic mass is 16.5. The van der Waals surface area contributed by atoms with Crippen LogP contribution in [0.15, 0.2) is 78.2 Å². The highest BCUT2D eigenvalue weighted by Gasteiger charge is 2.29. The molecule has 2 aromatic rings. The van der Waals surface area contributed by atoms with Gasteiger partial charge in [-0.05, 0) is 49.3 Å². The lowest BCUT2D eigenvalue weighted by atomic mass is 10.1. The molecule has 2 aromatic carbocycles. The average molecular weight is 447 g/mol. The Balaban J connectivity index is 2.02. The number of methoxy groups -OCH3 is 2. The maximum absolute atomic E-state index is 13.1. The average Bonchev–Trinajstić information content (AvgIpc) is 3.05. The number of para-hydroxylation sites is 2. The highest BCUT2D eigenvalue weighted by molar-refractivity contribution is 6.08. The molecular weight excluding hydrogens is 422 g/mol. The van der Waals surface area contributed by atoms with Gasteiger partial charge in [-0.2, -0.15) is 0 Å². The van der Waals surface area contributed by atoms with Crippen molar-refractivity contribution in [2.24, 2.45) is 0 Å². The molecule has 0 spiro atoms. The summed E-state index contributed by atoms with van der Waals surface area (Å²) in [6, 6.07) is 12.5. The van der Waals surface area contributed by atoms with E-state index in [0.29, 0.717) is 5.69 Å². The van der Waals surface area contributed by atoms with Crippen molar-refractivity contribution in [3.05, 3.63) is 94.9 Å². The number of hydrazine groups is 1. The first-order chi connectivity index (χ1) is 15.9. The van der Waals surface area contributed by atoms with E-state index in [1.807, 2.05) is 32.0 Å². The van der Waals surface area contributed by atoms with E-state index >= 15 is 0 Å². The van der Waals surface area contributed by atoms with Gasteiger partial charge in [-0.25, -0.2) is 9.59 Å². The topological polar surface area (TPSA) is 97.0 Å². The fourth-order valence-corrected chi connectivity index (χ4v) is 3.43. The number of hydrogen-bond donors (Lipinski definition) is 2. The second-order valence-electron chi connectivity index (χ2n) is 7.18. The number of esters is 2. The standard InChI is InChI=1S/C25H25N3O5/c1-16-10-9-11-17(2)21(16)26-27-23(29)18-12-5-6-14-20(18)28-15-8-7-13-19(24(30)32-3)22(28)25(31)33-4/h5-15,26H,1-4H3,(H,27,29). The SMILES string of the molecule is COC(=O)C1=C(C(=O)OC)N(c2ccccc2C(=O)NNc2c(C)cccc2C)C=CC=C1. The molecule has 0 saturated carbocycles. The Bertz CT molecular complexity index is 1160. The lowest BCUT2D eigenvalue weighted by Gasteiger charge is -2.25. The quantitative estimate of drug-likeness (QED) is 0.516. The third-order valence-corrected chi connectivity index (χ3v) is 5.08. The molecule has 1 heterocycles. The molecule has 33 heavy (non-hydrogen) atoms. The van der Waals surface area contributed by atoms with Crippen LogP contribution in [0.3, 0.4) is 0 Å². The third kappa shape index (κ3) is 4.95. The van der Waals surface area contributed by atoms with Crippen LogP contribution in [0.4, 0.5) is 11.4 Å². The Morgan fingerprint density at radius 2 is 1.52 bits per heavy atom. The molecule has 8 heteroatoms. The van der Waals surface area contributed by atoms with Crippen molar-refractivity contribution in [1.82, 2.24) is 5.43 Å². The fraction of sp³-hybridized carbons (Fsp3) is 0.160. The van der Waals surface area contributed by atoms with Gasteiger partial charge < -0.3 is 14.4 Å². The number of hydrogen-bond acceptors (Lipinski definition) is 7. The Labute approximate surface area is 192 Å². The number of carbonyl (C=O) groups is 3. The van der Waals surface area contributed by atoms with Crippen molar-refractivity contribution >= 4 is 29.2 Å². The summed E-state index contributed by atoms with van der Waals surface area (Å²) >= 11 is 0. The summed E-state index contributed by atoms with van der Waals surface area (Å²) in [5, 5.41) is 0. The van der Waals surface area contributed by atoms with E-state index in [4.69, 9.17) is 9.47 Å². The largest absolute Gasteiger partial charge is 0.465 e. The van der Waals surface area contributed by atoms with E-state index in [9.17, 15) is 14.4 Å². The number of nitrogens with zero attached hydrogens (tertiary/aromatic N) is 1. The predicted octanol–water partition coefficient (Wildman–Crippen LogP) is 3.55. The van der Waals surface area contributed by atoms with Crippen LogP contribution in [0.5, 0.6) is 0 Å². The number of rotatable bonds is 6. The lowest BCUT2D eigenvalue weighted by Crippen LogP contribution is -2.33. The normalized spacial score (nSPS) is 12.8. The zero-order valence-electron chi connectivity index (χ0n) is 18.8. The predicted molar refractivity (Wildman–Crippen MR) is 125 cm³/mol. The monoisotopic (exact) mass is 447 g/mol. The lowest BCUT2D eigenvalue weighted by molar-refractivity contribution is -0.139. The Kier molecular flexibility index (Phi) is 7.30. The van der Waals surface area contributed by atoms with Crippen LogP contribution in [0.1, 0.15) is 21.5 Å². The number of amides is 1. The maximum Gasteiger partial charge on any atom is 0.355 e. The van der Waals surface area contributed by atoms with Crippen molar-refractivity contribution in [3.8, 4) is 0 Å². The zero-order valence-corrected chi connectivity index (χ0v) is 18.8. The first kappa shape index (κ1) is 23.3. The van der Waals surface area contributed by atoms with Gasteiger partial charge in [0.05, 0.1) is 36.7 Å². The molecule has 8 nitrogen and oxygen atoms in total. The van der Waals surface area contributed by atoms with E-state index in [1.165, 1.54) is 25.2 Å². The molecule has 170 valence electrons. The molecular formula is C25H25N3O5. The van der Waals surface area contributed by atoms with Crippen molar-refractivity contribution in [1.29, 1.82) is 0 Å². The van der Waals surface area contributed by atoms with Gasteiger partial charge in [0.1, 0.15) is 5.70 Å². The van der Waals surface area contributed by atoms with Gasteiger partial charge in [-0.1, -0.05) is 36.4 Å². The highest BCUT2D eigenvalue weighted by Crippen LogP contribution is 2.29. The van der Waals surface area contributed by atoms with E-state index in [-0.39, 0.29) is 16.8 Å². The molecule has 3 rings (SSSR count). The summed E-state index contributed by atoms with van der Waals surface area (Å²) in [6.07, 6.45) is 6.27. The molecule has 0 saturated heterocycles. The van der Waals surface area contributed by atoms with E-state index in [0.717, 1.165) is 16.8 Å². The van der Waals surface area contributed by atoms with Crippen molar-refractivity contribution < 1.29 is 23.9 Å². The van der Waals surface area contributed by atoms with E-state index in [1.54, 1.807) is 42.6 Å². The number of allylic oxidation sites excluding steroid dienone is 2. The minimum atomic E-state index is -0.754. The zero-order chi connectivity index (χ0) is 24.0. The first-order valence-electron chi connectivity index (χ1n) is 10.2. The number of ether oxygens (including phenoxy) is 2. The van der Waals surface area contributed by atoms with Crippen LogP contribution in [0, 0.1) is 13.8 Å². The molecule has 0 radical (unpaired) electrons. The van der Waals surface area contributed by atoms with Gasteiger partial charge in [0.15, 0.2) is 0 Å². The molecule has 0 atom stereocenters. The van der Waals surface area contributed by atoms with Crippen LogP contribution >= 0.6 is 0 Å². The Hall–Kier alpha value is -4.33. The van der Waals surface area contributed by atoms with Crippen LogP contribution in [-0.4, -0.2) is 32.1 Å². The maximum atomic E-state index is 13.1. The number of anilines is 2. The first-order valence-corrected chi connectivity index (χ1v) is 10.2. The van der Waals surface area contributed by atoms with Crippen molar-refractivity contribution in [2.45, 2.75) is 13.8 Å². The summed E-state index contributed by atoms with van der Waals surface area (Å²) in [7, 11) is 2.44. The molecule has 0 unspecified atom stereocenters. The van der Waals surface area contributed by atoms with E-state index in [2.05, 4.69) is 10.9 Å². The fourth-order valence-electron chi connectivity index (χ4n) is 3.43. The van der Waals surface area contributed by atoms with Gasteiger partial charge >= 0.3 is 11.9 Å². The molecule has 1 aliphatic heterocycles. The smallest absolute Gasteiger partial charge is 0.355 e. The molecule has 1 amide bonds. The minimum Gasteiger partial charge on any atom is -0.465 e. The van der Waals surface area contributed by atoms with Crippen molar-refractivity contribution in [2.75, 3.05) is 24.5 Å². The van der Waals surface area contributed by atoms with Crippen LogP contribution in [-0.2, 0) is 19.1 Å². The second-order valence-corrected chi connectivity index (χ2v) is 7.18. The van der Waals surface area contributed by atoms with Crippen molar-refractivity contribution in [3.63, 3.8) is 0 Å². The number of carbonyl (C=O) groups excluding carboxylic acids is 3.